The van der Waals surface area contributed by atoms with E-state index in [0.29, 0.717) is 6.61 Å². The Bertz CT molecular complexity index is 388. The number of allylic oxidation sites excluding steroid dienone is 1. The SMILES string of the molecule is C=C(C)CC[C@@H]1O[C@H](c2ccccc2)OC[C@H]1O. The van der Waals surface area contributed by atoms with Crippen LogP contribution in [0.15, 0.2) is 42.5 Å². The highest BCUT2D eigenvalue weighted by Crippen LogP contribution is 2.28. The molecular formula is C15H20O3. The van der Waals surface area contributed by atoms with Crippen molar-refractivity contribution in [3.05, 3.63) is 48.0 Å². The molecule has 1 aromatic rings. The summed E-state index contributed by atoms with van der Waals surface area (Å²) in [6.07, 6.45) is 0.543. The van der Waals surface area contributed by atoms with E-state index in [1.165, 1.54) is 0 Å². The lowest BCUT2D eigenvalue weighted by molar-refractivity contribution is -0.257. The smallest absolute Gasteiger partial charge is 0.184 e. The van der Waals surface area contributed by atoms with Gasteiger partial charge in [0.25, 0.3) is 0 Å². The summed E-state index contributed by atoms with van der Waals surface area (Å²) in [6.45, 7) is 6.18. The predicted octanol–water partition coefficient (Wildman–Crippen LogP) is 2.82. The molecule has 1 aliphatic heterocycles. The first-order valence-electron chi connectivity index (χ1n) is 6.31. The maximum atomic E-state index is 9.87. The Labute approximate surface area is 108 Å². The number of aliphatic hydroxyl groups is 1. The van der Waals surface area contributed by atoms with Gasteiger partial charge in [-0.25, -0.2) is 0 Å². The quantitative estimate of drug-likeness (QED) is 0.833. The van der Waals surface area contributed by atoms with E-state index in [9.17, 15) is 5.11 Å². The van der Waals surface area contributed by atoms with Crippen LogP contribution >= 0.6 is 0 Å². The summed E-state index contributed by atoms with van der Waals surface area (Å²) in [5.74, 6) is 0. The molecule has 1 heterocycles. The Hall–Kier alpha value is -1.16. The van der Waals surface area contributed by atoms with Crippen molar-refractivity contribution in [2.75, 3.05) is 6.61 Å². The van der Waals surface area contributed by atoms with Gasteiger partial charge in [-0.05, 0) is 19.8 Å². The van der Waals surface area contributed by atoms with Crippen LogP contribution in [0.2, 0.25) is 0 Å². The van der Waals surface area contributed by atoms with Crippen molar-refractivity contribution in [1.29, 1.82) is 0 Å². The van der Waals surface area contributed by atoms with E-state index in [2.05, 4.69) is 6.58 Å². The molecule has 0 spiro atoms. The van der Waals surface area contributed by atoms with Crippen LogP contribution in [-0.2, 0) is 9.47 Å². The zero-order valence-corrected chi connectivity index (χ0v) is 10.7. The fourth-order valence-electron chi connectivity index (χ4n) is 2.02. The van der Waals surface area contributed by atoms with Crippen molar-refractivity contribution in [3.8, 4) is 0 Å². The first kappa shape index (κ1) is 13.3. The average Bonchev–Trinajstić information content (AvgIpc) is 2.38. The normalized spacial score (nSPS) is 28.0. The van der Waals surface area contributed by atoms with Gasteiger partial charge in [-0.1, -0.05) is 35.9 Å². The van der Waals surface area contributed by atoms with Crippen LogP contribution in [0.3, 0.4) is 0 Å². The predicted molar refractivity (Wildman–Crippen MR) is 70.1 cm³/mol. The van der Waals surface area contributed by atoms with Gasteiger partial charge in [-0.2, -0.15) is 0 Å². The fraction of sp³-hybridized carbons (Fsp3) is 0.467. The van der Waals surface area contributed by atoms with Crippen LogP contribution in [-0.4, -0.2) is 23.9 Å². The van der Waals surface area contributed by atoms with Gasteiger partial charge in [0.05, 0.1) is 12.7 Å². The lowest BCUT2D eigenvalue weighted by Gasteiger charge is -2.34. The van der Waals surface area contributed by atoms with Crippen molar-refractivity contribution < 1.29 is 14.6 Å². The van der Waals surface area contributed by atoms with Gasteiger partial charge < -0.3 is 14.6 Å². The molecule has 0 radical (unpaired) electrons. The van der Waals surface area contributed by atoms with Gasteiger partial charge in [0.2, 0.25) is 0 Å². The zero-order valence-electron chi connectivity index (χ0n) is 10.7. The number of aliphatic hydroxyl groups excluding tert-OH is 1. The maximum Gasteiger partial charge on any atom is 0.184 e. The van der Waals surface area contributed by atoms with E-state index < -0.39 is 6.10 Å². The van der Waals surface area contributed by atoms with Crippen LogP contribution in [0.1, 0.15) is 31.6 Å². The maximum absolute atomic E-state index is 9.87. The highest BCUT2D eigenvalue weighted by Gasteiger charge is 2.30. The van der Waals surface area contributed by atoms with Crippen LogP contribution in [0.5, 0.6) is 0 Å². The Morgan fingerprint density at radius 2 is 2.11 bits per heavy atom. The number of ether oxygens (including phenoxy) is 2. The molecular weight excluding hydrogens is 228 g/mol. The average molecular weight is 248 g/mol. The molecule has 3 atom stereocenters. The minimum Gasteiger partial charge on any atom is -0.388 e. The summed E-state index contributed by atoms with van der Waals surface area (Å²) in [6, 6.07) is 9.81. The summed E-state index contributed by atoms with van der Waals surface area (Å²) in [5.41, 5.74) is 2.10. The van der Waals surface area contributed by atoms with Crippen LogP contribution in [0, 0.1) is 0 Å². The second kappa shape index (κ2) is 6.14. The second-order valence-corrected chi connectivity index (χ2v) is 4.81. The Morgan fingerprint density at radius 3 is 2.78 bits per heavy atom. The lowest BCUT2D eigenvalue weighted by Crippen LogP contribution is -2.40. The molecule has 1 aromatic carbocycles. The third-order valence-electron chi connectivity index (χ3n) is 3.07. The highest BCUT2D eigenvalue weighted by atomic mass is 16.7. The molecule has 2 rings (SSSR count). The van der Waals surface area contributed by atoms with Crippen molar-refractivity contribution in [2.45, 2.75) is 38.3 Å². The summed E-state index contributed by atoms with van der Waals surface area (Å²) in [4.78, 5) is 0. The molecule has 0 bridgehead atoms. The van der Waals surface area contributed by atoms with E-state index in [1.54, 1.807) is 0 Å². The number of hydrogen-bond acceptors (Lipinski definition) is 3. The van der Waals surface area contributed by atoms with Gasteiger partial charge in [0.15, 0.2) is 6.29 Å². The van der Waals surface area contributed by atoms with Gasteiger partial charge in [0.1, 0.15) is 6.10 Å². The zero-order chi connectivity index (χ0) is 13.0. The highest BCUT2D eigenvalue weighted by molar-refractivity contribution is 5.16. The Morgan fingerprint density at radius 1 is 1.39 bits per heavy atom. The second-order valence-electron chi connectivity index (χ2n) is 4.81. The van der Waals surface area contributed by atoms with Crippen LogP contribution in [0.4, 0.5) is 0 Å². The molecule has 1 fully saturated rings. The molecule has 1 N–H and O–H groups in total. The minimum atomic E-state index is -0.552. The fourth-order valence-corrected chi connectivity index (χ4v) is 2.02. The molecule has 3 heteroatoms. The van der Waals surface area contributed by atoms with Gasteiger partial charge in [-0.15, -0.1) is 6.58 Å². The van der Waals surface area contributed by atoms with Crippen molar-refractivity contribution in [3.63, 3.8) is 0 Å². The Kier molecular flexibility index (Phi) is 4.53. The van der Waals surface area contributed by atoms with Gasteiger partial charge in [-0.3, -0.25) is 0 Å². The molecule has 0 amide bonds. The van der Waals surface area contributed by atoms with Crippen molar-refractivity contribution >= 4 is 0 Å². The van der Waals surface area contributed by atoms with E-state index >= 15 is 0 Å². The molecule has 0 aliphatic carbocycles. The summed E-state index contributed by atoms with van der Waals surface area (Å²) in [7, 11) is 0. The van der Waals surface area contributed by atoms with Crippen molar-refractivity contribution in [1.82, 2.24) is 0 Å². The van der Waals surface area contributed by atoms with Gasteiger partial charge in [0, 0.05) is 5.56 Å². The monoisotopic (exact) mass is 248 g/mol. The third kappa shape index (κ3) is 3.42. The summed E-state index contributed by atoms with van der Waals surface area (Å²) >= 11 is 0. The number of rotatable bonds is 4. The molecule has 1 saturated heterocycles. The summed E-state index contributed by atoms with van der Waals surface area (Å²) < 4.78 is 11.3. The standard InChI is InChI=1S/C15H20O3/c1-11(2)8-9-14-13(16)10-17-15(18-14)12-6-4-3-5-7-12/h3-7,13-16H,1,8-10H2,2H3/t13-,14+,15-/m1/s1. The van der Waals surface area contributed by atoms with Gasteiger partial charge >= 0.3 is 0 Å². The molecule has 98 valence electrons. The largest absolute Gasteiger partial charge is 0.388 e. The van der Waals surface area contributed by atoms with E-state index in [4.69, 9.17) is 9.47 Å². The minimum absolute atomic E-state index is 0.180. The summed E-state index contributed by atoms with van der Waals surface area (Å²) in [5, 5.41) is 9.87. The number of hydrogen-bond donors (Lipinski definition) is 1. The first-order chi connectivity index (χ1) is 8.66. The van der Waals surface area contributed by atoms with Crippen LogP contribution < -0.4 is 0 Å². The van der Waals surface area contributed by atoms with E-state index in [-0.39, 0.29) is 12.4 Å². The van der Waals surface area contributed by atoms with E-state index in [1.807, 2.05) is 37.3 Å². The topological polar surface area (TPSA) is 38.7 Å². The molecule has 1 aliphatic rings. The van der Waals surface area contributed by atoms with Crippen LogP contribution in [0.25, 0.3) is 0 Å². The Balaban J connectivity index is 1.98. The molecule has 18 heavy (non-hydrogen) atoms. The molecule has 3 nitrogen and oxygen atoms in total. The first-order valence-corrected chi connectivity index (χ1v) is 6.31. The molecule has 0 saturated carbocycles. The number of benzene rings is 1. The lowest BCUT2D eigenvalue weighted by atomic mass is 10.0. The van der Waals surface area contributed by atoms with E-state index in [0.717, 1.165) is 24.0 Å². The third-order valence-corrected chi connectivity index (χ3v) is 3.07. The molecule has 0 unspecified atom stereocenters. The van der Waals surface area contributed by atoms with Crippen molar-refractivity contribution in [2.24, 2.45) is 0 Å². The molecule has 0 aromatic heterocycles.